The van der Waals surface area contributed by atoms with Gasteiger partial charge in [0.05, 0.1) is 0 Å². The molecule has 2 aromatic rings. The van der Waals surface area contributed by atoms with Crippen LogP contribution in [-0.4, -0.2) is 38.4 Å². The standard InChI is InChI=1S/C18H22N4O/c23-18(15-3-4-15)22-10-1-2-16(13-22)17-20-9-11-21(17)12-14-5-7-19-8-6-14/h5-9,11,15-16H,1-4,10,12-13H2/t16-/m1/s1. The number of pyridine rings is 1. The molecule has 1 aliphatic heterocycles. The number of likely N-dealkylation sites (tertiary alicyclic amines) is 1. The van der Waals surface area contributed by atoms with E-state index in [9.17, 15) is 4.79 Å². The Kier molecular flexibility index (Phi) is 3.85. The van der Waals surface area contributed by atoms with Gasteiger partial charge in [-0.2, -0.15) is 0 Å². The van der Waals surface area contributed by atoms with Crippen LogP contribution in [-0.2, 0) is 11.3 Å². The second-order valence-electron chi connectivity index (χ2n) is 6.67. The van der Waals surface area contributed by atoms with Gasteiger partial charge in [0.15, 0.2) is 0 Å². The number of hydrogen-bond donors (Lipinski definition) is 0. The van der Waals surface area contributed by atoms with Crippen LogP contribution in [0.5, 0.6) is 0 Å². The maximum Gasteiger partial charge on any atom is 0.225 e. The molecule has 0 unspecified atom stereocenters. The number of hydrogen-bond acceptors (Lipinski definition) is 3. The van der Waals surface area contributed by atoms with E-state index in [-0.39, 0.29) is 0 Å². The maximum atomic E-state index is 12.3. The number of aromatic nitrogens is 3. The van der Waals surface area contributed by atoms with Gasteiger partial charge in [-0.25, -0.2) is 4.98 Å². The van der Waals surface area contributed by atoms with Crippen molar-refractivity contribution in [3.63, 3.8) is 0 Å². The Morgan fingerprint density at radius 3 is 2.78 bits per heavy atom. The fraction of sp³-hybridized carbons (Fsp3) is 0.500. The van der Waals surface area contributed by atoms with Gasteiger partial charge in [0, 0.05) is 56.3 Å². The van der Waals surface area contributed by atoms with Crippen LogP contribution in [0, 0.1) is 5.92 Å². The van der Waals surface area contributed by atoms with E-state index < -0.39 is 0 Å². The number of piperidine rings is 1. The van der Waals surface area contributed by atoms with Crippen molar-refractivity contribution in [1.29, 1.82) is 0 Å². The molecule has 2 aromatic heterocycles. The minimum absolute atomic E-state index is 0.310. The van der Waals surface area contributed by atoms with Gasteiger partial charge in [-0.1, -0.05) is 0 Å². The summed E-state index contributed by atoms with van der Waals surface area (Å²) in [5.41, 5.74) is 1.22. The van der Waals surface area contributed by atoms with Crippen molar-refractivity contribution in [2.75, 3.05) is 13.1 Å². The van der Waals surface area contributed by atoms with E-state index in [0.29, 0.717) is 17.7 Å². The van der Waals surface area contributed by atoms with Crippen molar-refractivity contribution in [3.8, 4) is 0 Å². The zero-order valence-corrected chi connectivity index (χ0v) is 13.3. The highest BCUT2D eigenvalue weighted by Gasteiger charge is 2.36. The Hall–Kier alpha value is -2.17. The summed E-state index contributed by atoms with van der Waals surface area (Å²) in [4.78, 5) is 23.1. The Morgan fingerprint density at radius 1 is 1.17 bits per heavy atom. The van der Waals surface area contributed by atoms with Crippen LogP contribution in [0.25, 0.3) is 0 Å². The van der Waals surface area contributed by atoms with Gasteiger partial charge in [0.25, 0.3) is 0 Å². The summed E-state index contributed by atoms with van der Waals surface area (Å²) in [5, 5.41) is 0. The number of carbonyl (C=O) groups excluding carboxylic acids is 1. The number of carbonyl (C=O) groups is 1. The zero-order valence-electron chi connectivity index (χ0n) is 13.3. The molecule has 0 aromatic carbocycles. The summed E-state index contributed by atoms with van der Waals surface area (Å²) < 4.78 is 2.21. The molecule has 3 heterocycles. The van der Waals surface area contributed by atoms with Crippen molar-refractivity contribution < 1.29 is 4.79 Å². The van der Waals surface area contributed by atoms with Crippen LogP contribution in [0.4, 0.5) is 0 Å². The minimum atomic E-state index is 0.310. The van der Waals surface area contributed by atoms with Crippen LogP contribution in [0.1, 0.15) is 43.0 Å². The Labute approximate surface area is 136 Å². The van der Waals surface area contributed by atoms with Crippen LogP contribution < -0.4 is 0 Å². The molecule has 0 bridgehead atoms. The SMILES string of the molecule is O=C(C1CC1)N1CCC[C@@H](c2nccn2Cc2ccncc2)C1. The Balaban J connectivity index is 1.49. The first-order chi connectivity index (χ1) is 11.3. The van der Waals surface area contributed by atoms with E-state index in [1.807, 2.05) is 36.9 Å². The number of nitrogens with zero attached hydrogens (tertiary/aromatic N) is 4. The average Bonchev–Trinajstić information content (AvgIpc) is 3.35. The minimum Gasteiger partial charge on any atom is -0.342 e. The lowest BCUT2D eigenvalue weighted by Gasteiger charge is -2.33. The molecule has 5 heteroatoms. The monoisotopic (exact) mass is 310 g/mol. The molecule has 1 saturated heterocycles. The quantitative estimate of drug-likeness (QED) is 0.871. The summed E-state index contributed by atoms with van der Waals surface area (Å²) >= 11 is 0. The molecule has 23 heavy (non-hydrogen) atoms. The molecule has 2 fully saturated rings. The molecular weight excluding hydrogens is 288 g/mol. The number of rotatable bonds is 4. The third-order valence-corrected chi connectivity index (χ3v) is 4.87. The van der Waals surface area contributed by atoms with Gasteiger partial charge in [-0.05, 0) is 43.4 Å². The molecule has 120 valence electrons. The summed E-state index contributed by atoms with van der Waals surface area (Å²) in [5.74, 6) is 2.13. The Morgan fingerprint density at radius 2 is 2.00 bits per heavy atom. The topological polar surface area (TPSA) is 51.0 Å². The van der Waals surface area contributed by atoms with Gasteiger partial charge in [0.1, 0.15) is 5.82 Å². The van der Waals surface area contributed by atoms with E-state index >= 15 is 0 Å². The van der Waals surface area contributed by atoms with Crippen molar-refractivity contribution in [2.45, 2.75) is 38.1 Å². The summed E-state index contributed by atoms with van der Waals surface area (Å²) in [6, 6.07) is 4.07. The second-order valence-corrected chi connectivity index (χ2v) is 6.67. The molecule has 1 aliphatic carbocycles. The molecule has 1 amide bonds. The molecule has 0 spiro atoms. The first-order valence-corrected chi connectivity index (χ1v) is 8.50. The van der Waals surface area contributed by atoms with Crippen LogP contribution in [0.2, 0.25) is 0 Å². The highest BCUT2D eigenvalue weighted by atomic mass is 16.2. The lowest BCUT2D eigenvalue weighted by atomic mass is 9.96. The largest absolute Gasteiger partial charge is 0.342 e. The first-order valence-electron chi connectivity index (χ1n) is 8.50. The highest BCUT2D eigenvalue weighted by Crippen LogP contribution is 2.34. The predicted octanol–water partition coefficient (Wildman–Crippen LogP) is 2.44. The van der Waals surface area contributed by atoms with E-state index in [4.69, 9.17) is 0 Å². The van der Waals surface area contributed by atoms with Crippen LogP contribution in [0.3, 0.4) is 0 Å². The van der Waals surface area contributed by atoms with Crippen molar-refractivity contribution >= 4 is 5.91 Å². The molecule has 4 rings (SSSR count). The van der Waals surface area contributed by atoms with E-state index in [2.05, 4.69) is 19.4 Å². The molecule has 0 N–H and O–H groups in total. The van der Waals surface area contributed by atoms with Gasteiger partial charge < -0.3 is 9.47 Å². The van der Waals surface area contributed by atoms with Gasteiger partial charge in [-0.15, -0.1) is 0 Å². The molecule has 0 radical (unpaired) electrons. The lowest BCUT2D eigenvalue weighted by molar-refractivity contribution is -0.133. The van der Waals surface area contributed by atoms with E-state index in [1.54, 1.807) is 0 Å². The Bertz CT molecular complexity index is 677. The molecular formula is C18H22N4O. The van der Waals surface area contributed by atoms with Crippen LogP contribution in [0.15, 0.2) is 36.9 Å². The zero-order chi connectivity index (χ0) is 15.6. The third-order valence-electron chi connectivity index (χ3n) is 4.87. The van der Waals surface area contributed by atoms with E-state index in [1.165, 1.54) is 5.56 Å². The third kappa shape index (κ3) is 3.14. The molecule has 1 saturated carbocycles. The normalized spacial score (nSPS) is 21.4. The fourth-order valence-corrected chi connectivity index (χ4v) is 3.48. The van der Waals surface area contributed by atoms with Crippen molar-refractivity contribution in [2.24, 2.45) is 5.92 Å². The smallest absolute Gasteiger partial charge is 0.225 e. The summed E-state index contributed by atoms with van der Waals surface area (Å²) in [7, 11) is 0. The highest BCUT2D eigenvalue weighted by molar-refractivity contribution is 5.81. The summed E-state index contributed by atoms with van der Waals surface area (Å²) in [6.07, 6.45) is 11.9. The van der Waals surface area contributed by atoms with Gasteiger partial charge in [-0.3, -0.25) is 9.78 Å². The fourth-order valence-electron chi connectivity index (χ4n) is 3.48. The summed E-state index contributed by atoms with van der Waals surface area (Å²) in [6.45, 7) is 2.55. The maximum absolute atomic E-state index is 12.3. The molecule has 1 atom stereocenters. The number of imidazole rings is 1. The van der Waals surface area contributed by atoms with Gasteiger partial charge in [0.2, 0.25) is 5.91 Å². The van der Waals surface area contributed by atoms with Crippen molar-refractivity contribution in [1.82, 2.24) is 19.4 Å². The average molecular weight is 310 g/mol. The first kappa shape index (κ1) is 14.4. The van der Waals surface area contributed by atoms with Crippen LogP contribution >= 0.6 is 0 Å². The lowest BCUT2D eigenvalue weighted by Crippen LogP contribution is -2.40. The van der Waals surface area contributed by atoms with Crippen molar-refractivity contribution in [3.05, 3.63) is 48.3 Å². The van der Waals surface area contributed by atoms with Gasteiger partial charge >= 0.3 is 0 Å². The number of amides is 1. The molecule has 5 nitrogen and oxygen atoms in total. The predicted molar refractivity (Wildman–Crippen MR) is 86.8 cm³/mol. The van der Waals surface area contributed by atoms with E-state index in [0.717, 1.165) is 51.1 Å². The molecule has 2 aliphatic rings. The second kappa shape index (κ2) is 6.14.